The summed E-state index contributed by atoms with van der Waals surface area (Å²) in [5, 5.41) is 2.88. The lowest BCUT2D eigenvalue weighted by molar-refractivity contribution is 0.0950. The topological polar surface area (TPSA) is 58.1 Å². The van der Waals surface area contributed by atoms with Crippen molar-refractivity contribution >= 4 is 11.7 Å². The highest BCUT2D eigenvalue weighted by molar-refractivity contribution is 5.94. The first-order chi connectivity index (χ1) is 10.6. The van der Waals surface area contributed by atoms with E-state index in [0.29, 0.717) is 12.1 Å². The van der Waals surface area contributed by atoms with Gasteiger partial charge in [0.15, 0.2) is 0 Å². The number of aromatic nitrogens is 2. The van der Waals surface area contributed by atoms with Gasteiger partial charge >= 0.3 is 0 Å². The van der Waals surface area contributed by atoms with E-state index in [0.717, 1.165) is 30.2 Å². The predicted molar refractivity (Wildman–Crippen MR) is 87.9 cm³/mol. The van der Waals surface area contributed by atoms with Gasteiger partial charge in [-0.3, -0.25) is 9.78 Å². The first-order valence-corrected chi connectivity index (χ1v) is 7.54. The Labute approximate surface area is 131 Å². The van der Waals surface area contributed by atoms with Crippen LogP contribution in [0.1, 0.15) is 35.5 Å². The number of nitrogens with zero attached hydrogens (tertiary/aromatic N) is 3. The number of hydrogen-bond acceptors (Lipinski definition) is 4. The highest BCUT2D eigenvalue weighted by Gasteiger charge is 2.08. The van der Waals surface area contributed by atoms with E-state index in [1.165, 1.54) is 0 Å². The number of amides is 1. The fourth-order valence-electron chi connectivity index (χ4n) is 2.14. The van der Waals surface area contributed by atoms with Gasteiger partial charge in [0, 0.05) is 37.7 Å². The summed E-state index contributed by atoms with van der Waals surface area (Å²) in [4.78, 5) is 22.8. The van der Waals surface area contributed by atoms with Crippen LogP contribution in [0.2, 0.25) is 0 Å². The van der Waals surface area contributed by atoms with Gasteiger partial charge in [-0.15, -0.1) is 0 Å². The van der Waals surface area contributed by atoms with E-state index in [1.54, 1.807) is 12.4 Å². The Morgan fingerprint density at radius 1 is 1.09 bits per heavy atom. The van der Waals surface area contributed by atoms with E-state index in [9.17, 15) is 4.79 Å². The van der Waals surface area contributed by atoms with Gasteiger partial charge in [0.05, 0.1) is 5.56 Å². The molecular weight excluding hydrogens is 276 g/mol. The molecule has 0 aliphatic heterocycles. The quantitative estimate of drug-likeness (QED) is 0.890. The second kappa shape index (κ2) is 7.54. The monoisotopic (exact) mass is 298 g/mol. The zero-order valence-electron chi connectivity index (χ0n) is 13.3. The van der Waals surface area contributed by atoms with Crippen molar-refractivity contribution in [3.8, 4) is 0 Å². The lowest BCUT2D eigenvalue weighted by atomic mass is 10.2. The van der Waals surface area contributed by atoms with Crippen LogP contribution in [0.15, 0.2) is 36.7 Å². The number of rotatable bonds is 6. The molecule has 2 aromatic rings. The Morgan fingerprint density at radius 3 is 2.41 bits per heavy atom. The van der Waals surface area contributed by atoms with Crippen LogP contribution in [0.25, 0.3) is 0 Å². The Kier molecular flexibility index (Phi) is 5.47. The third kappa shape index (κ3) is 4.04. The van der Waals surface area contributed by atoms with Crippen LogP contribution in [0.5, 0.6) is 0 Å². The highest BCUT2D eigenvalue weighted by atomic mass is 16.1. The maximum absolute atomic E-state index is 12.1. The summed E-state index contributed by atoms with van der Waals surface area (Å²) in [6.07, 6.45) is 3.40. The normalized spacial score (nSPS) is 10.3. The lowest BCUT2D eigenvalue weighted by Crippen LogP contribution is -2.25. The van der Waals surface area contributed by atoms with E-state index in [-0.39, 0.29) is 5.91 Å². The molecule has 1 amide bonds. The van der Waals surface area contributed by atoms with Gasteiger partial charge in [0.25, 0.3) is 5.91 Å². The summed E-state index contributed by atoms with van der Waals surface area (Å²) < 4.78 is 0. The number of carbonyl (C=O) groups is 1. The molecule has 0 aliphatic rings. The Hall–Kier alpha value is -2.43. The zero-order valence-corrected chi connectivity index (χ0v) is 13.3. The molecule has 0 spiro atoms. The Morgan fingerprint density at radius 2 is 1.86 bits per heavy atom. The maximum atomic E-state index is 12.1. The number of aryl methyl sites for hydroxylation is 1. The molecule has 2 heterocycles. The van der Waals surface area contributed by atoms with Crippen LogP contribution >= 0.6 is 0 Å². The van der Waals surface area contributed by atoms with E-state index in [1.807, 2.05) is 31.2 Å². The second-order valence-electron chi connectivity index (χ2n) is 5.07. The van der Waals surface area contributed by atoms with Gasteiger partial charge in [-0.25, -0.2) is 4.98 Å². The molecule has 0 aromatic carbocycles. The van der Waals surface area contributed by atoms with Crippen LogP contribution in [0.4, 0.5) is 5.82 Å². The fourth-order valence-corrected chi connectivity index (χ4v) is 2.14. The molecule has 5 nitrogen and oxygen atoms in total. The van der Waals surface area contributed by atoms with E-state index in [2.05, 4.69) is 34.0 Å². The maximum Gasteiger partial charge on any atom is 0.253 e. The summed E-state index contributed by atoms with van der Waals surface area (Å²) >= 11 is 0. The largest absolute Gasteiger partial charge is 0.357 e. The number of hydrogen-bond donors (Lipinski definition) is 1. The van der Waals surface area contributed by atoms with Crippen molar-refractivity contribution < 1.29 is 4.79 Å². The fraction of sp³-hybridized carbons (Fsp3) is 0.353. The molecule has 2 rings (SSSR count). The molecular formula is C17H22N4O. The van der Waals surface area contributed by atoms with Gasteiger partial charge in [-0.2, -0.15) is 0 Å². The van der Waals surface area contributed by atoms with E-state index < -0.39 is 0 Å². The standard InChI is InChI=1S/C17H22N4O/c1-4-21(5-2)16-9-8-15(12-19-16)17(22)20-11-14-7-6-13(3)18-10-14/h6-10,12H,4-5,11H2,1-3H3,(H,20,22). The minimum Gasteiger partial charge on any atom is -0.357 e. The van der Waals surface area contributed by atoms with Crippen molar-refractivity contribution in [2.75, 3.05) is 18.0 Å². The number of anilines is 1. The van der Waals surface area contributed by atoms with Crippen molar-refractivity contribution in [1.29, 1.82) is 0 Å². The lowest BCUT2D eigenvalue weighted by Gasteiger charge is -2.19. The Bertz CT molecular complexity index is 604. The molecule has 5 heteroatoms. The van der Waals surface area contributed by atoms with Crippen molar-refractivity contribution in [2.45, 2.75) is 27.3 Å². The summed E-state index contributed by atoms with van der Waals surface area (Å²) in [5.74, 6) is 0.767. The summed E-state index contributed by atoms with van der Waals surface area (Å²) in [7, 11) is 0. The molecule has 0 fully saturated rings. The summed E-state index contributed by atoms with van der Waals surface area (Å²) in [6, 6.07) is 7.59. The van der Waals surface area contributed by atoms with Crippen molar-refractivity contribution in [2.24, 2.45) is 0 Å². The number of carbonyl (C=O) groups excluding carboxylic acids is 1. The van der Waals surface area contributed by atoms with Crippen molar-refractivity contribution in [3.05, 3.63) is 53.5 Å². The van der Waals surface area contributed by atoms with Gasteiger partial charge in [0.2, 0.25) is 0 Å². The van der Waals surface area contributed by atoms with Gasteiger partial charge < -0.3 is 10.2 Å². The molecule has 0 saturated heterocycles. The second-order valence-corrected chi connectivity index (χ2v) is 5.07. The van der Waals surface area contributed by atoms with Crippen LogP contribution in [0.3, 0.4) is 0 Å². The van der Waals surface area contributed by atoms with Crippen molar-refractivity contribution in [1.82, 2.24) is 15.3 Å². The molecule has 1 N–H and O–H groups in total. The van der Waals surface area contributed by atoms with Crippen LogP contribution in [-0.4, -0.2) is 29.0 Å². The molecule has 0 atom stereocenters. The van der Waals surface area contributed by atoms with Gasteiger partial charge in [0.1, 0.15) is 5.82 Å². The smallest absolute Gasteiger partial charge is 0.253 e. The molecule has 22 heavy (non-hydrogen) atoms. The molecule has 116 valence electrons. The first kappa shape index (κ1) is 15.9. The third-order valence-electron chi connectivity index (χ3n) is 3.52. The Balaban J connectivity index is 1.96. The van der Waals surface area contributed by atoms with E-state index >= 15 is 0 Å². The first-order valence-electron chi connectivity index (χ1n) is 7.54. The molecule has 0 bridgehead atoms. The number of pyridine rings is 2. The minimum absolute atomic E-state index is 0.126. The highest BCUT2D eigenvalue weighted by Crippen LogP contribution is 2.11. The average Bonchev–Trinajstić information content (AvgIpc) is 2.56. The molecule has 2 aromatic heterocycles. The molecule has 0 aliphatic carbocycles. The third-order valence-corrected chi connectivity index (χ3v) is 3.52. The summed E-state index contributed by atoms with van der Waals surface area (Å²) in [5.41, 5.74) is 2.51. The molecule has 0 saturated carbocycles. The number of nitrogens with one attached hydrogen (secondary N) is 1. The average molecular weight is 298 g/mol. The van der Waals surface area contributed by atoms with Crippen LogP contribution in [-0.2, 0) is 6.54 Å². The molecule has 0 radical (unpaired) electrons. The predicted octanol–water partition coefficient (Wildman–Crippen LogP) is 2.56. The van der Waals surface area contributed by atoms with E-state index in [4.69, 9.17) is 0 Å². The minimum atomic E-state index is -0.126. The van der Waals surface area contributed by atoms with Gasteiger partial charge in [-0.05, 0) is 44.5 Å². The van der Waals surface area contributed by atoms with Crippen molar-refractivity contribution in [3.63, 3.8) is 0 Å². The van der Waals surface area contributed by atoms with Crippen LogP contribution < -0.4 is 10.2 Å². The summed E-state index contributed by atoms with van der Waals surface area (Å²) in [6.45, 7) is 8.36. The van der Waals surface area contributed by atoms with Crippen LogP contribution in [0, 0.1) is 6.92 Å². The van der Waals surface area contributed by atoms with Gasteiger partial charge in [-0.1, -0.05) is 6.07 Å². The molecule has 0 unspecified atom stereocenters. The zero-order chi connectivity index (χ0) is 15.9. The SMILES string of the molecule is CCN(CC)c1ccc(C(=O)NCc2ccc(C)nc2)cn1.